The molecule has 0 aliphatic heterocycles. The fraction of sp³-hybridized carbons (Fsp3) is 0.200. The summed E-state index contributed by atoms with van der Waals surface area (Å²) in [5.74, 6) is -0.190. The first kappa shape index (κ1) is 19.6. The van der Waals surface area contributed by atoms with Crippen LogP contribution < -0.4 is 5.32 Å². The number of amides is 1. The lowest BCUT2D eigenvalue weighted by Crippen LogP contribution is -2.12. The van der Waals surface area contributed by atoms with Crippen molar-refractivity contribution in [2.24, 2.45) is 0 Å². The average molecular weight is 396 g/mol. The Labute approximate surface area is 166 Å². The highest BCUT2D eigenvalue weighted by molar-refractivity contribution is 7.98. The smallest absolute Gasteiger partial charge is 0.312 e. The highest BCUT2D eigenvalue weighted by Crippen LogP contribution is 2.23. The molecule has 0 bridgehead atoms. The zero-order valence-corrected chi connectivity index (χ0v) is 16.6. The molecule has 0 saturated carbocycles. The Morgan fingerprint density at radius 3 is 2.32 bits per heavy atom. The number of anilines is 1. The SMILES string of the molecule is CSc1ccc(NC(=O)c2ccc(Cn3nc(C)c([N+](=O)[O-])c3C)cc2)cc1. The number of carbonyl (C=O) groups excluding carboxylic acids is 1. The van der Waals surface area contributed by atoms with Crippen molar-refractivity contribution in [3.8, 4) is 0 Å². The van der Waals surface area contributed by atoms with Crippen molar-refractivity contribution in [3.63, 3.8) is 0 Å². The van der Waals surface area contributed by atoms with Crippen LogP contribution in [0.2, 0.25) is 0 Å². The molecule has 3 aromatic rings. The van der Waals surface area contributed by atoms with Gasteiger partial charge in [0.05, 0.1) is 11.5 Å². The lowest BCUT2D eigenvalue weighted by atomic mass is 10.1. The third kappa shape index (κ3) is 4.23. The third-order valence-electron chi connectivity index (χ3n) is 4.42. The van der Waals surface area contributed by atoms with Crippen LogP contribution in [0.5, 0.6) is 0 Å². The second kappa shape index (κ2) is 8.26. The quantitative estimate of drug-likeness (QED) is 0.378. The Bertz CT molecular complexity index is 1010. The van der Waals surface area contributed by atoms with E-state index in [-0.39, 0.29) is 11.6 Å². The molecule has 1 aromatic heterocycles. The van der Waals surface area contributed by atoms with Crippen molar-refractivity contribution in [2.45, 2.75) is 25.3 Å². The van der Waals surface area contributed by atoms with Crippen molar-refractivity contribution in [3.05, 3.63) is 81.2 Å². The molecule has 1 heterocycles. The first-order valence-corrected chi connectivity index (χ1v) is 9.84. The molecule has 28 heavy (non-hydrogen) atoms. The molecule has 0 fully saturated rings. The molecular formula is C20H20N4O3S. The molecule has 0 spiro atoms. The van der Waals surface area contributed by atoms with E-state index in [2.05, 4.69) is 10.4 Å². The lowest BCUT2D eigenvalue weighted by Gasteiger charge is -2.08. The van der Waals surface area contributed by atoms with Gasteiger partial charge in [-0.2, -0.15) is 5.10 Å². The number of carbonyl (C=O) groups is 1. The van der Waals surface area contributed by atoms with Crippen molar-refractivity contribution in [2.75, 3.05) is 11.6 Å². The number of hydrogen-bond donors (Lipinski definition) is 1. The normalized spacial score (nSPS) is 10.7. The van der Waals surface area contributed by atoms with E-state index in [1.165, 1.54) is 0 Å². The van der Waals surface area contributed by atoms with E-state index in [4.69, 9.17) is 0 Å². The van der Waals surface area contributed by atoms with Crippen LogP contribution in [-0.2, 0) is 6.54 Å². The highest BCUT2D eigenvalue weighted by atomic mass is 32.2. The molecule has 0 aliphatic carbocycles. The van der Waals surface area contributed by atoms with Crippen molar-refractivity contribution < 1.29 is 9.72 Å². The fourth-order valence-electron chi connectivity index (χ4n) is 2.92. The molecule has 2 aromatic carbocycles. The van der Waals surface area contributed by atoms with Crippen LogP contribution in [0.4, 0.5) is 11.4 Å². The maximum absolute atomic E-state index is 12.4. The van der Waals surface area contributed by atoms with Crippen molar-refractivity contribution in [1.82, 2.24) is 9.78 Å². The maximum atomic E-state index is 12.4. The Balaban J connectivity index is 1.70. The van der Waals surface area contributed by atoms with Gasteiger partial charge in [-0.25, -0.2) is 0 Å². The summed E-state index contributed by atoms with van der Waals surface area (Å²) in [6.45, 7) is 3.71. The van der Waals surface area contributed by atoms with Crippen LogP contribution in [-0.4, -0.2) is 26.9 Å². The minimum atomic E-state index is -0.409. The molecule has 144 valence electrons. The number of thioether (sulfide) groups is 1. The fourth-order valence-corrected chi connectivity index (χ4v) is 3.33. The molecule has 7 nitrogen and oxygen atoms in total. The monoisotopic (exact) mass is 396 g/mol. The standard InChI is InChI=1S/C20H20N4O3S/c1-13-19(24(26)27)14(2)23(22-13)12-15-4-6-16(7-5-15)20(25)21-17-8-10-18(28-3)11-9-17/h4-11H,12H2,1-3H3,(H,21,25). The van der Waals surface area contributed by atoms with Gasteiger partial charge in [0, 0.05) is 16.1 Å². The topological polar surface area (TPSA) is 90.1 Å². The van der Waals surface area contributed by atoms with Crippen LogP contribution in [0.15, 0.2) is 53.4 Å². The van der Waals surface area contributed by atoms with Gasteiger partial charge < -0.3 is 5.32 Å². The summed E-state index contributed by atoms with van der Waals surface area (Å²) in [4.78, 5) is 24.2. The van der Waals surface area contributed by atoms with Crippen LogP contribution in [0, 0.1) is 24.0 Å². The average Bonchev–Trinajstić information content (AvgIpc) is 2.96. The Morgan fingerprint density at radius 1 is 1.14 bits per heavy atom. The van der Waals surface area contributed by atoms with Crippen LogP contribution >= 0.6 is 11.8 Å². The van der Waals surface area contributed by atoms with Gasteiger partial charge in [-0.05, 0) is 62.1 Å². The van der Waals surface area contributed by atoms with Gasteiger partial charge in [0.15, 0.2) is 0 Å². The molecule has 0 aliphatic rings. The van der Waals surface area contributed by atoms with Gasteiger partial charge >= 0.3 is 5.69 Å². The Morgan fingerprint density at radius 2 is 1.79 bits per heavy atom. The Kier molecular flexibility index (Phi) is 5.79. The third-order valence-corrected chi connectivity index (χ3v) is 5.17. The van der Waals surface area contributed by atoms with Gasteiger partial charge in [0.25, 0.3) is 5.91 Å². The lowest BCUT2D eigenvalue weighted by molar-refractivity contribution is -0.386. The van der Waals surface area contributed by atoms with E-state index in [0.29, 0.717) is 23.5 Å². The van der Waals surface area contributed by atoms with Gasteiger partial charge in [0.1, 0.15) is 11.4 Å². The second-order valence-electron chi connectivity index (χ2n) is 6.31. The minimum absolute atomic E-state index is 0.0449. The number of hydrogen-bond acceptors (Lipinski definition) is 5. The number of nitrogens with one attached hydrogen (secondary N) is 1. The van der Waals surface area contributed by atoms with E-state index < -0.39 is 4.92 Å². The highest BCUT2D eigenvalue weighted by Gasteiger charge is 2.21. The van der Waals surface area contributed by atoms with E-state index in [1.54, 1.807) is 42.4 Å². The van der Waals surface area contributed by atoms with Gasteiger partial charge in [0.2, 0.25) is 0 Å². The molecule has 1 amide bonds. The number of rotatable bonds is 6. The molecule has 0 unspecified atom stereocenters. The van der Waals surface area contributed by atoms with Crippen molar-refractivity contribution >= 4 is 29.0 Å². The molecule has 0 radical (unpaired) electrons. The molecule has 8 heteroatoms. The van der Waals surface area contributed by atoms with Crippen LogP contribution in [0.1, 0.15) is 27.3 Å². The molecule has 1 N–H and O–H groups in total. The van der Waals surface area contributed by atoms with Gasteiger partial charge in [-0.1, -0.05) is 12.1 Å². The predicted molar refractivity (Wildman–Crippen MR) is 110 cm³/mol. The van der Waals surface area contributed by atoms with Crippen LogP contribution in [0.3, 0.4) is 0 Å². The first-order valence-electron chi connectivity index (χ1n) is 8.61. The summed E-state index contributed by atoms with van der Waals surface area (Å²) in [7, 11) is 0. The maximum Gasteiger partial charge on any atom is 0.312 e. The van der Waals surface area contributed by atoms with E-state index in [9.17, 15) is 14.9 Å². The zero-order valence-electron chi connectivity index (χ0n) is 15.8. The molecule has 0 atom stereocenters. The largest absolute Gasteiger partial charge is 0.322 e. The summed E-state index contributed by atoms with van der Waals surface area (Å²) in [6, 6.07) is 14.8. The minimum Gasteiger partial charge on any atom is -0.322 e. The number of aryl methyl sites for hydroxylation is 1. The molecular weight excluding hydrogens is 376 g/mol. The Hall–Kier alpha value is -3.13. The van der Waals surface area contributed by atoms with Gasteiger partial charge in [-0.15, -0.1) is 11.8 Å². The van der Waals surface area contributed by atoms with E-state index >= 15 is 0 Å². The number of nitrogens with zero attached hydrogens (tertiary/aromatic N) is 3. The summed E-state index contributed by atoms with van der Waals surface area (Å²) in [5, 5.41) is 18.2. The predicted octanol–water partition coefficient (Wildman–Crippen LogP) is 4.43. The number of benzene rings is 2. The zero-order chi connectivity index (χ0) is 20.3. The second-order valence-corrected chi connectivity index (χ2v) is 7.19. The molecule has 0 saturated heterocycles. The summed E-state index contributed by atoms with van der Waals surface area (Å²) in [6.07, 6.45) is 2.00. The van der Waals surface area contributed by atoms with Gasteiger partial charge in [-0.3, -0.25) is 19.6 Å². The number of aromatic nitrogens is 2. The molecule has 3 rings (SSSR count). The van der Waals surface area contributed by atoms with Crippen molar-refractivity contribution in [1.29, 1.82) is 0 Å². The number of nitro groups is 1. The van der Waals surface area contributed by atoms with E-state index in [1.807, 2.05) is 42.7 Å². The summed E-state index contributed by atoms with van der Waals surface area (Å²) < 4.78 is 1.61. The summed E-state index contributed by atoms with van der Waals surface area (Å²) in [5.41, 5.74) is 3.13. The first-order chi connectivity index (χ1) is 13.4. The van der Waals surface area contributed by atoms with E-state index in [0.717, 1.165) is 16.1 Å². The van der Waals surface area contributed by atoms with Crippen LogP contribution in [0.25, 0.3) is 0 Å². The summed E-state index contributed by atoms with van der Waals surface area (Å²) >= 11 is 1.64.